The minimum absolute atomic E-state index is 0.143. The summed E-state index contributed by atoms with van der Waals surface area (Å²) in [6.45, 7) is 10.1. The van der Waals surface area contributed by atoms with Gasteiger partial charge in [0.25, 0.3) is 0 Å². The lowest BCUT2D eigenvalue weighted by Crippen LogP contribution is -2.49. The van der Waals surface area contributed by atoms with Crippen molar-refractivity contribution in [2.24, 2.45) is 10.9 Å². The van der Waals surface area contributed by atoms with Crippen molar-refractivity contribution in [1.29, 1.82) is 0 Å². The fraction of sp³-hybridized carbons (Fsp3) is 0.636. The van der Waals surface area contributed by atoms with Crippen molar-refractivity contribution in [3.05, 3.63) is 29.8 Å². The topological polar surface area (TPSA) is 78.0 Å². The summed E-state index contributed by atoms with van der Waals surface area (Å²) in [7, 11) is 0. The molecule has 3 rings (SSSR count). The predicted molar refractivity (Wildman–Crippen MR) is 117 cm³/mol. The number of amides is 1. The molecule has 7 heteroatoms. The van der Waals surface area contributed by atoms with Crippen molar-refractivity contribution in [2.45, 2.75) is 45.7 Å². The van der Waals surface area contributed by atoms with Crippen LogP contribution in [-0.4, -0.2) is 62.2 Å². The first-order chi connectivity index (χ1) is 14.2. The highest BCUT2D eigenvalue weighted by Gasteiger charge is 2.25. The molecule has 0 radical (unpaired) electrons. The second-order valence-corrected chi connectivity index (χ2v) is 7.89. The van der Waals surface area contributed by atoms with Crippen LogP contribution in [0.25, 0.3) is 0 Å². The molecule has 1 atom stereocenters. The number of anilines is 1. The molecule has 0 aromatic heterocycles. The summed E-state index contributed by atoms with van der Waals surface area (Å²) < 4.78 is 5.43. The average molecular weight is 402 g/mol. The van der Waals surface area contributed by atoms with Crippen molar-refractivity contribution in [3.8, 4) is 0 Å². The van der Waals surface area contributed by atoms with Gasteiger partial charge in [-0.15, -0.1) is 0 Å². The number of guanidine groups is 1. The van der Waals surface area contributed by atoms with Gasteiger partial charge in [-0.2, -0.15) is 0 Å². The number of hydrogen-bond acceptors (Lipinski definition) is 4. The van der Waals surface area contributed by atoms with E-state index in [9.17, 15) is 4.79 Å². The monoisotopic (exact) mass is 401 g/mol. The molecule has 1 aliphatic heterocycles. The third-order valence-electron chi connectivity index (χ3n) is 5.67. The molecular weight excluding hydrogens is 366 g/mol. The highest BCUT2D eigenvalue weighted by atomic mass is 16.5. The molecule has 0 bridgehead atoms. The van der Waals surface area contributed by atoms with E-state index in [0.717, 1.165) is 75.9 Å². The number of carbonyl (C=O) groups is 1. The van der Waals surface area contributed by atoms with Crippen LogP contribution in [0.2, 0.25) is 0 Å². The smallest absolute Gasteiger partial charge is 0.227 e. The zero-order valence-corrected chi connectivity index (χ0v) is 17.7. The number of rotatable bonds is 8. The maximum absolute atomic E-state index is 12.2. The minimum atomic E-state index is 0.143. The molecule has 3 N–H and O–H groups in total. The lowest BCUT2D eigenvalue weighted by atomic mass is 9.85. The van der Waals surface area contributed by atoms with Gasteiger partial charge >= 0.3 is 0 Å². The van der Waals surface area contributed by atoms with Gasteiger partial charge in [0.15, 0.2) is 5.96 Å². The fourth-order valence-electron chi connectivity index (χ4n) is 3.57. The molecule has 1 amide bonds. The largest absolute Gasteiger partial charge is 0.379 e. The van der Waals surface area contributed by atoms with Crippen molar-refractivity contribution in [2.75, 3.05) is 44.7 Å². The van der Waals surface area contributed by atoms with E-state index in [1.165, 1.54) is 0 Å². The number of nitrogens with one attached hydrogen (secondary N) is 3. The Morgan fingerprint density at radius 2 is 2.07 bits per heavy atom. The van der Waals surface area contributed by atoms with E-state index in [1.807, 2.05) is 24.3 Å². The lowest BCUT2D eigenvalue weighted by molar-refractivity contribution is -0.122. The highest BCUT2D eigenvalue weighted by Crippen LogP contribution is 2.27. The molecule has 160 valence electrons. The summed E-state index contributed by atoms with van der Waals surface area (Å²) in [5.74, 6) is 1.15. The predicted octanol–water partition coefficient (Wildman–Crippen LogP) is 2.20. The van der Waals surface area contributed by atoms with Gasteiger partial charge in [-0.25, -0.2) is 4.99 Å². The van der Waals surface area contributed by atoms with E-state index in [-0.39, 0.29) is 11.8 Å². The second kappa shape index (κ2) is 11.2. The van der Waals surface area contributed by atoms with Gasteiger partial charge in [0.1, 0.15) is 0 Å². The molecule has 1 aromatic rings. The lowest BCUT2D eigenvalue weighted by Gasteiger charge is -2.32. The highest BCUT2D eigenvalue weighted by molar-refractivity contribution is 5.93. The Morgan fingerprint density at radius 1 is 1.28 bits per heavy atom. The van der Waals surface area contributed by atoms with Crippen molar-refractivity contribution in [3.63, 3.8) is 0 Å². The van der Waals surface area contributed by atoms with Crippen LogP contribution >= 0.6 is 0 Å². The summed E-state index contributed by atoms with van der Waals surface area (Å²) >= 11 is 0. The standard InChI is InChI=1S/C22H35N5O2/c1-3-23-22(24-15-17(2)27-10-12-29-13-11-27)25-16-18-6-4-9-20(14-18)26-21(28)19-7-5-8-19/h4,6,9,14,17,19H,3,5,7-8,10-13,15-16H2,1-2H3,(H,26,28)(H2,23,24,25). The van der Waals surface area contributed by atoms with Crippen LogP contribution in [-0.2, 0) is 16.1 Å². The summed E-state index contributed by atoms with van der Waals surface area (Å²) in [6.07, 6.45) is 3.18. The zero-order valence-electron chi connectivity index (χ0n) is 17.7. The van der Waals surface area contributed by atoms with Crippen LogP contribution in [0.4, 0.5) is 5.69 Å². The second-order valence-electron chi connectivity index (χ2n) is 7.89. The van der Waals surface area contributed by atoms with Gasteiger partial charge in [0.2, 0.25) is 5.91 Å². The number of hydrogen-bond donors (Lipinski definition) is 3. The molecule has 7 nitrogen and oxygen atoms in total. The van der Waals surface area contributed by atoms with E-state index in [1.54, 1.807) is 0 Å². The molecule has 1 saturated heterocycles. The van der Waals surface area contributed by atoms with Gasteiger partial charge in [0.05, 0.1) is 19.8 Å². The van der Waals surface area contributed by atoms with E-state index in [2.05, 4.69) is 34.7 Å². The minimum Gasteiger partial charge on any atom is -0.379 e. The number of ether oxygens (including phenoxy) is 1. The Labute approximate surface area is 174 Å². The third kappa shape index (κ3) is 6.72. The van der Waals surface area contributed by atoms with Gasteiger partial charge in [-0.1, -0.05) is 18.6 Å². The van der Waals surface area contributed by atoms with E-state index >= 15 is 0 Å². The first-order valence-corrected chi connectivity index (χ1v) is 10.9. The van der Waals surface area contributed by atoms with Crippen LogP contribution in [0.3, 0.4) is 0 Å². The molecule has 0 spiro atoms. The number of benzene rings is 1. The van der Waals surface area contributed by atoms with Gasteiger partial charge in [-0.05, 0) is 44.4 Å². The first kappa shape index (κ1) is 21.6. The Morgan fingerprint density at radius 3 is 2.76 bits per heavy atom. The number of aliphatic imine (C=N–C) groups is 1. The van der Waals surface area contributed by atoms with E-state index in [0.29, 0.717) is 12.6 Å². The van der Waals surface area contributed by atoms with E-state index in [4.69, 9.17) is 9.73 Å². The Bertz CT molecular complexity index is 684. The number of nitrogens with zero attached hydrogens (tertiary/aromatic N) is 2. The molecule has 1 aliphatic carbocycles. The molecule has 2 fully saturated rings. The van der Waals surface area contributed by atoms with Crippen molar-refractivity contribution >= 4 is 17.6 Å². The number of morpholine rings is 1. The molecule has 1 aromatic carbocycles. The van der Waals surface area contributed by atoms with Gasteiger partial charge in [0, 0.05) is 43.8 Å². The zero-order chi connectivity index (χ0) is 20.5. The maximum Gasteiger partial charge on any atom is 0.227 e. The van der Waals surface area contributed by atoms with Gasteiger partial charge < -0.3 is 20.7 Å². The third-order valence-corrected chi connectivity index (χ3v) is 5.67. The van der Waals surface area contributed by atoms with Crippen LogP contribution < -0.4 is 16.0 Å². The molecule has 1 saturated carbocycles. The van der Waals surface area contributed by atoms with Crippen LogP contribution in [0.1, 0.15) is 38.7 Å². The van der Waals surface area contributed by atoms with Crippen LogP contribution in [0.15, 0.2) is 29.3 Å². The van der Waals surface area contributed by atoms with Crippen molar-refractivity contribution in [1.82, 2.24) is 15.5 Å². The molecule has 1 unspecified atom stereocenters. The van der Waals surface area contributed by atoms with Crippen LogP contribution in [0.5, 0.6) is 0 Å². The summed E-state index contributed by atoms with van der Waals surface area (Å²) in [6, 6.07) is 8.40. The molecule has 29 heavy (non-hydrogen) atoms. The Kier molecular flexibility index (Phi) is 8.31. The van der Waals surface area contributed by atoms with Crippen molar-refractivity contribution < 1.29 is 9.53 Å². The summed E-state index contributed by atoms with van der Waals surface area (Å²) in [4.78, 5) is 19.3. The molecular formula is C22H35N5O2. The van der Waals surface area contributed by atoms with Crippen LogP contribution in [0, 0.1) is 5.92 Å². The Hall–Kier alpha value is -2.12. The first-order valence-electron chi connectivity index (χ1n) is 10.9. The SMILES string of the molecule is CCNC(=NCc1cccc(NC(=O)C2CCC2)c1)NCC(C)N1CCOCC1. The Balaban J connectivity index is 1.52. The summed E-state index contributed by atoms with van der Waals surface area (Å²) in [5.41, 5.74) is 1.93. The fourth-order valence-corrected chi connectivity index (χ4v) is 3.57. The summed E-state index contributed by atoms with van der Waals surface area (Å²) in [5, 5.41) is 9.80. The average Bonchev–Trinajstić information content (AvgIpc) is 2.69. The van der Waals surface area contributed by atoms with Gasteiger partial charge in [-0.3, -0.25) is 9.69 Å². The number of carbonyl (C=O) groups excluding carboxylic acids is 1. The normalized spacial score (nSPS) is 19.3. The molecule has 1 heterocycles. The molecule has 2 aliphatic rings. The van der Waals surface area contributed by atoms with E-state index < -0.39 is 0 Å². The maximum atomic E-state index is 12.2. The quantitative estimate of drug-likeness (QED) is 0.460.